The molecule has 0 spiro atoms. The summed E-state index contributed by atoms with van der Waals surface area (Å²) in [5, 5.41) is 3.27. The summed E-state index contributed by atoms with van der Waals surface area (Å²) >= 11 is 1.71. The van der Waals surface area contributed by atoms with Gasteiger partial charge < -0.3 is 10.6 Å². The average molecular weight is 395 g/mol. The second kappa shape index (κ2) is 9.92. The molecule has 5 nitrogen and oxygen atoms in total. The van der Waals surface area contributed by atoms with Crippen LogP contribution in [0.2, 0.25) is 0 Å². The van der Waals surface area contributed by atoms with Crippen LogP contribution in [0.4, 0.5) is 0 Å². The van der Waals surface area contributed by atoms with Crippen molar-refractivity contribution in [1.82, 2.24) is 14.8 Å². The van der Waals surface area contributed by atoms with Gasteiger partial charge in [0.1, 0.15) is 0 Å². The maximum absolute atomic E-state index is 12.7. The predicted molar refractivity (Wildman–Crippen MR) is 103 cm³/mol. The first-order valence-electron chi connectivity index (χ1n) is 8.31. The Hall–Kier alpha value is -0.400. The topological polar surface area (TPSA) is 62.5 Å². The molecule has 3 rings (SSSR count). The number of halogens is 2. The largest absolute Gasteiger partial charge is 0.338 e. The van der Waals surface area contributed by atoms with Crippen LogP contribution in [0.1, 0.15) is 36.4 Å². The van der Waals surface area contributed by atoms with Gasteiger partial charge in [0, 0.05) is 37.0 Å². The molecule has 0 saturated carbocycles. The number of hydrogen-bond acceptors (Lipinski definition) is 5. The number of hydrogen-bond donors (Lipinski definition) is 1. The Balaban J connectivity index is 0.00000144. The second-order valence-corrected chi connectivity index (χ2v) is 7.53. The average Bonchev–Trinajstić information content (AvgIpc) is 3.16. The number of rotatable bonds is 4. The molecule has 0 radical (unpaired) electrons. The summed E-state index contributed by atoms with van der Waals surface area (Å²) in [6.07, 6.45) is 4.12. The van der Waals surface area contributed by atoms with Gasteiger partial charge in [0.2, 0.25) is 5.91 Å². The minimum absolute atomic E-state index is 0. The lowest BCUT2D eigenvalue weighted by Crippen LogP contribution is -2.46. The molecule has 0 bridgehead atoms. The molecule has 1 aromatic rings. The summed E-state index contributed by atoms with van der Waals surface area (Å²) in [6.45, 7) is 6.46. The van der Waals surface area contributed by atoms with E-state index in [0.29, 0.717) is 12.5 Å². The number of amides is 1. The van der Waals surface area contributed by atoms with Crippen molar-refractivity contribution in [3.05, 3.63) is 16.1 Å². The zero-order valence-electron chi connectivity index (χ0n) is 14.1. The number of piperidine rings is 1. The molecule has 2 aliphatic rings. The fraction of sp³-hybridized carbons (Fsp3) is 0.750. The third-order valence-electron chi connectivity index (χ3n) is 4.92. The van der Waals surface area contributed by atoms with Crippen LogP contribution in [0.5, 0.6) is 0 Å². The number of likely N-dealkylation sites (tertiary alicyclic amines) is 2. The van der Waals surface area contributed by atoms with Crippen LogP contribution in [-0.4, -0.2) is 52.9 Å². The second-order valence-electron chi connectivity index (χ2n) is 6.47. The lowest BCUT2D eigenvalue weighted by atomic mass is 9.95. The van der Waals surface area contributed by atoms with E-state index >= 15 is 0 Å². The molecule has 2 fully saturated rings. The van der Waals surface area contributed by atoms with Crippen molar-refractivity contribution < 1.29 is 4.79 Å². The maximum atomic E-state index is 12.7. The number of aryl methyl sites for hydroxylation is 1. The van der Waals surface area contributed by atoms with Gasteiger partial charge in [-0.05, 0) is 45.7 Å². The van der Waals surface area contributed by atoms with E-state index in [-0.39, 0.29) is 36.8 Å². The van der Waals surface area contributed by atoms with E-state index in [1.54, 1.807) is 11.3 Å². The van der Waals surface area contributed by atoms with E-state index < -0.39 is 0 Å². The molecule has 0 aromatic carbocycles. The fourth-order valence-electron chi connectivity index (χ4n) is 3.65. The Morgan fingerprint density at radius 2 is 2.00 bits per heavy atom. The third-order valence-corrected chi connectivity index (χ3v) is 5.74. The highest BCUT2D eigenvalue weighted by molar-refractivity contribution is 7.09. The Bertz CT molecular complexity index is 520. The van der Waals surface area contributed by atoms with E-state index in [4.69, 9.17) is 5.73 Å². The number of carbonyl (C=O) groups is 1. The molecule has 1 aromatic heterocycles. The summed E-state index contributed by atoms with van der Waals surface area (Å²) in [5.74, 6) is 0.540. The van der Waals surface area contributed by atoms with E-state index in [9.17, 15) is 4.79 Å². The van der Waals surface area contributed by atoms with Crippen molar-refractivity contribution in [2.24, 2.45) is 11.7 Å². The van der Waals surface area contributed by atoms with Gasteiger partial charge in [0.05, 0.1) is 10.7 Å². The van der Waals surface area contributed by atoms with E-state index in [1.165, 1.54) is 0 Å². The van der Waals surface area contributed by atoms with Crippen LogP contribution in [0.25, 0.3) is 0 Å². The molecule has 2 aliphatic heterocycles. The standard InChI is InChI=1S/C16H26N4OS.2ClH/c1-12-18-14(11-22-12)10-19-7-4-13(5-8-19)16(21)20-6-2-3-15(20)9-17;;/h11,13,15H,2-10,17H2,1H3;2*1H. The Labute approximate surface area is 160 Å². The number of carbonyl (C=O) groups excluding carboxylic acids is 1. The zero-order chi connectivity index (χ0) is 15.5. The van der Waals surface area contributed by atoms with Crippen LogP contribution in [-0.2, 0) is 11.3 Å². The van der Waals surface area contributed by atoms with E-state index in [0.717, 1.165) is 62.6 Å². The van der Waals surface area contributed by atoms with E-state index in [1.807, 2.05) is 11.8 Å². The van der Waals surface area contributed by atoms with Crippen molar-refractivity contribution in [1.29, 1.82) is 0 Å². The summed E-state index contributed by atoms with van der Waals surface area (Å²) in [4.78, 5) is 21.7. The summed E-state index contributed by atoms with van der Waals surface area (Å²) in [7, 11) is 0. The van der Waals surface area contributed by atoms with Gasteiger partial charge in [0.15, 0.2) is 0 Å². The van der Waals surface area contributed by atoms with Crippen molar-refractivity contribution in [2.75, 3.05) is 26.2 Å². The fourth-order valence-corrected chi connectivity index (χ4v) is 4.26. The molecule has 8 heteroatoms. The predicted octanol–water partition coefficient (Wildman–Crippen LogP) is 2.46. The number of aromatic nitrogens is 1. The summed E-state index contributed by atoms with van der Waals surface area (Å²) in [5.41, 5.74) is 6.96. The van der Waals surface area contributed by atoms with Gasteiger partial charge in [-0.2, -0.15) is 0 Å². The highest BCUT2D eigenvalue weighted by Crippen LogP contribution is 2.25. The highest BCUT2D eigenvalue weighted by Gasteiger charge is 2.34. The quantitative estimate of drug-likeness (QED) is 0.851. The monoisotopic (exact) mass is 394 g/mol. The number of nitrogens with two attached hydrogens (primary N) is 1. The van der Waals surface area contributed by atoms with Gasteiger partial charge in [0.25, 0.3) is 0 Å². The molecule has 1 amide bonds. The Morgan fingerprint density at radius 1 is 1.29 bits per heavy atom. The third kappa shape index (κ3) is 5.05. The molecule has 1 atom stereocenters. The van der Waals surface area contributed by atoms with Crippen LogP contribution in [0.3, 0.4) is 0 Å². The molecule has 24 heavy (non-hydrogen) atoms. The van der Waals surface area contributed by atoms with E-state index in [2.05, 4.69) is 15.3 Å². The molecule has 0 aliphatic carbocycles. The smallest absolute Gasteiger partial charge is 0.226 e. The molecule has 2 saturated heterocycles. The lowest BCUT2D eigenvalue weighted by Gasteiger charge is -2.34. The van der Waals surface area contributed by atoms with Crippen molar-refractivity contribution in [3.63, 3.8) is 0 Å². The first-order chi connectivity index (χ1) is 10.7. The maximum Gasteiger partial charge on any atom is 0.226 e. The molecular formula is C16H28Cl2N4OS. The molecule has 1 unspecified atom stereocenters. The molecular weight excluding hydrogens is 367 g/mol. The first-order valence-corrected chi connectivity index (χ1v) is 9.19. The number of nitrogens with zero attached hydrogens (tertiary/aromatic N) is 3. The van der Waals surface area contributed by atoms with Gasteiger partial charge in [-0.3, -0.25) is 9.69 Å². The Morgan fingerprint density at radius 3 is 2.58 bits per heavy atom. The Kier molecular flexibility index (Phi) is 8.95. The zero-order valence-corrected chi connectivity index (χ0v) is 16.6. The normalized spacial score (nSPS) is 22.1. The SMILES string of the molecule is Cc1nc(CN2CCC(C(=O)N3CCCC3CN)CC2)cs1.Cl.Cl. The van der Waals surface area contributed by atoms with Gasteiger partial charge in [-0.1, -0.05) is 0 Å². The molecule has 2 N–H and O–H groups in total. The van der Waals surface area contributed by atoms with Crippen LogP contribution < -0.4 is 5.73 Å². The first kappa shape index (κ1) is 21.6. The minimum atomic E-state index is 0. The lowest BCUT2D eigenvalue weighted by molar-refractivity contribution is -0.137. The summed E-state index contributed by atoms with van der Waals surface area (Å²) < 4.78 is 0. The van der Waals surface area contributed by atoms with Crippen LogP contribution >= 0.6 is 36.2 Å². The van der Waals surface area contributed by atoms with Gasteiger partial charge in [-0.25, -0.2) is 4.98 Å². The van der Waals surface area contributed by atoms with Crippen LogP contribution in [0.15, 0.2) is 5.38 Å². The van der Waals surface area contributed by atoms with Gasteiger partial charge >= 0.3 is 0 Å². The number of thiazole rings is 1. The molecule has 138 valence electrons. The highest BCUT2D eigenvalue weighted by atomic mass is 35.5. The van der Waals surface area contributed by atoms with Crippen molar-refractivity contribution in [3.8, 4) is 0 Å². The van der Waals surface area contributed by atoms with Crippen molar-refractivity contribution in [2.45, 2.75) is 45.2 Å². The molecule has 3 heterocycles. The van der Waals surface area contributed by atoms with Crippen LogP contribution in [0, 0.1) is 12.8 Å². The minimum Gasteiger partial charge on any atom is -0.338 e. The van der Waals surface area contributed by atoms with Gasteiger partial charge in [-0.15, -0.1) is 36.2 Å². The summed E-state index contributed by atoms with van der Waals surface area (Å²) in [6, 6.07) is 0.281. The van der Waals surface area contributed by atoms with Crippen molar-refractivity contribution >= 4 is 42.1 Å².